The number of nitrogens with one attached hydrogen (secondary N) is 2. The largest absolute Gasteiger partial charge is 0.345 e. The summed E-state index contributed by atoms with van der Waals surface area (Å²) in [6.45, 7) is 9.53. The van der Waals surface area contributed by atoms with Crippen molar-refractivity contribution in [3.8, 4) is 0 Å². The second-order valence-electron chi connectivity index (χ2n) is 12.3. The molecule has 232 valence electrons. The molecular weight excluding hydrogens is 566 g/mol. The normalized spacial score (nSPS) is 20.0. The number of nitrogens with zero attached hydrogens (tertiary/aromatic N) is 5. The van der Waals surface area contributed by atoms with Gasteiger partial charge in [-0.2, -0.15) is 10.2 Å². The zero-order valence-electron chi connectivity index (χ0n) is 24.5. The van der Waals surface area contributed by atoms with Crippen LogP contribution in [0.5, 0.6) is 0 Å². The highest BCUT2D eigenvalue weighted by atomic mass is 19.3. The van der Waals surface area contributed by atoms with Crippen LogP contribution in [0.25, 0.3) is 5.65 Å². The van der Waals surface area contributed by atoms with Gasteiger partial charge in [0, 0.05) is 49.9 Å². The predicted octanol–water partition coefficient (Wildman–Crippen LogP) is 5.97. The highest BCUT2D eigenvalue weighted by Gasteiger charge is 2.46. The molecule has 2 aliphatic rings. The van der Waals surface area contributed by atoms with E-state index >= 15 is 0 Å². The molecule has 0 spiro atoms. The molecule has 2 aliphatic carbocycles. The van der Waals surface area contributed by atoms with E-state index in [1.807, 2.05) is 13.8 Å². The Kier molecular flexibility index (Phi) is 8.36. The van der Waals surface area contributed by atoms with Gasteiger partial charge >= 0.3 is 0 Å². The molecule has 0 bridgehead atoms. The Labute approximate surface area is 247 Å². The third-order valence-corrected chi connectivity index (χ3v) is 8.37. The van der Waals surface area contributed by atoms with Crippen LogP contribution in [0.1, 0.15) is 106 Å². The summed E-state index contributed by atoms with van der Waals surface area (Å²) in [7, 11) is 0. The monoisotopic (exact) mass is 603 g/mol. The van der Waals surface area contributed by atoms with Gasteiger partial charge in [0.2, 0.25) is 17.8 Å². The van der Waals surface area contributed by atoms with Crippen LogP contribution in [0.2, 0.25) is 0 Å². The molecule has 3 heterocycles. The van der Waals surface area contributed by atoms with Gasteiger partial charge in [0.15, 0.2) is 5.65 Å². The van der Waals surface area contributed by atoms with E-state index in [-0.39, 0.29) is 74.6 Å². The number of carbonyl (C=O) groups excluding carboxylic acids is 2. The van der Waals surface area contributed by atoms with Crippen molar-refractivity contribution in [3.05, 3.63) is 59.8 Å². The van der Waals surface area contributed by atoms with Crippen molar-refractivity contribution in [2.24, 2.45) is 11.8 Å². The molecule has 43 heavy (non-hydrogen) atoms. The Hall–Kier alpha value is -3.77. The van der Waals surface area contributed by atoms with Crippen molar-refractivity contribution in [2.75, 3.05) is 0 Å². The summed E-state index contributed by atoms with van der Waals surface area (Å²) in [6, 6.07) is 2.02. The molecule has 0 radical (unpaired) electrons. The zero-order valence-corrected chi connectivity index (χ0v) is 24.5. The first-order valence-corrected chi connectivity index (χ1v) is 14.6. The van der Waals surface area contributed by atoms with Gasteiger partial charge in [-0.1, -0.05) is 12.2 Å². The molecule has 2 fully saturated rings. The third-order valence-electron chi connectivity index (χ3n) is 8.37. The van der Waals surface area contributed by atoms with Crippen molar-refractivity contribution < 1.29 is 27.2 Å². The van der Waals surface area contributed by atoms with Crippen molar-refractivity contribution >= 4 is 17.5 Å². The number of hydrogen-bond donors (Lipinski definition) is 2. The molecule has 2 saturated carbocycles. The van der Waals surface area contributed by atoms with Crippen LogP contribution in [-0.4, -0.2) is 48.0 Å². The topological polar surface area (TPSA) is 106 Å². The van der Waals surface area contributed by atoms with E-state index in [9.17, 15) is 27.2 Å². The molecule has 3 aromatic rings. The number of alkyl halides is 4. The average molecular weight is 604 g/mol. The molecule has 2 atom stereocenters. The summed E-state index contributed by atoms with van der Waals surface area (Å²) < 4.78 is 57.7. The summed E-state index contributed by atoms with van der Waals surface area (Å²) in [4.78, 5) is 30.8. The molecule has 2 N–H and O–H groups in total. The van der Waals surface area contributed by atoms with Gasteiger partial charge in [0.1, 0.15) is 5.69 Å². The Morgan fingerprint density at radius 2 is 1.79 bits per heavy atom. The number of imidazole rings is 1. The fourth-order valence-corrected chi connectivity index (χ4v) is 6.07. The quantitative estimate of drug-likeness (QED) is 0.219. The number of carbonyl (C=O) groups is 2. The molecule has 0 aromatic carbocycles. The van der Waals surface area contributed by atoms with Crippen LogP contribution in [0.15, 0.2) is 42.9 Å². The van der Waals surface area contributed by atoms with Crippen LogP contribution >= 0.6 is 0 Å². The van der Waals surface area contributed by atoms with E-state index in [0.717, 1.165) is 0 Å². The number of aromatic nitrogens is 5. The zero-order chi connectivity index (χ0) is 31.1. The standard InChI is InChI=1S/C30H37F4N7O2/c1-17(2)26(38-25(42)11-19-13-30(33,34)14-19)21-12-24-37-22(16-40(24)36-15-21)27(20-5-8-29(31,32)9-6-20)39-28(43)23-7-10-35-41(23)18(3)4/h7,10,12,15-16,18-20,26-27H,1,5-6,8-9,11,13-14H2,2-4H3,(H,38,42)(H,39,43)/t26-,27-/m0/s1. The smallest absolute Gasteiger partial charge is 0.270 e. The molecule has 3 aromatic heterocycles. The van der Waals surface area contributed by atoms with Gasteiger partial charge in [-0.15, -0.1) is 0 Å². The lowest BCUT2D eigenvalue weighted by Crippen LogP contribution is -2.39. The maximum absolute atomic E-state index is 14.0. The molecule has 0 unspecified atom stereocenters. The molecule has 2 amide bonds. The molecule has 0 saturated heterocycles. The van der Waals surface area contributed by atoms with Gasteiger partial charge in [0.25, 0.3) is 5.91 Å². The van der Waals surface area contributed by atoms with Crippen molar-refractivity contribution in [3.63, 3.8) is 0 Å². The second-order valence-corrected chi connectivity index (χ2v) is 12.3. The number of hydrogen-bond acceptors (Lipinski definition) is 5. The fourth-order valence-electron chi connectivity index (χ4n) is 6.07. The van der Waals surface area contributed by atoms with Gasteiger partial charge < -0.3 is 10.6 Å². The Bertz CT molecular complexity index is 1500. The first kappa shape index (κ1) is 30.7. The first-order chi connectivity index (χ1) is 20.2. The van der Waals surface area contributed by atoms with Gasteiger partial charge in [-0.05, 0) is 57.6 Å². The summed E-state index contributed by atoms with van der Waals surface area (Å²) in [5, 5.41) is 14.6. The third kappa shape index (κ3) is 6.91. The van der Waals surface area contributed by atoms with Crippen LogP contribution in [-0.2, 0) is 4.79 Å². The van der Waals surface area contributed by atoms with Crippen LogP contribution in [0, 0.1) is 11.8 Å². The van der Waals surface area contributed by atoms with Gasteiger partial charge in [-0.25, -0.2) is 27.1 Å². The highest BCUT2D eigenvalue weighted by Crippen LogP contribution is 2.44. The number of amides is 2. The predicted molar refractivity (Wildman–Crippen MR) is 151 cm³/mol. The van der Waals surface area contributed by atoms with Crippen molar-refractivity contribution in [1.29, 1.82) is 0 Å². The first-order valence-electron chi connectivity index (χ1n) is 14.6. The van der Waals surface area contributed by atoms with Crippen LogP contribution in [0.4, 0.5) is 17.6 Å². The van der Waals surface area contributed by atoms with Crippen LogP contribution in [0.3, 0.4) is 0 Å². The van der Waals surface area contributed by atoms with Crippen LogP contribution < -0.4 is 10.6 Å². The number of halogens is 4. The lowest BCUT2D eigenvalue weighted by molar-refractivity contribution is -0.134. The SMILES string of the molecule is C=C(C)[C@H](NC(=O)CC1CC(F)(F)C1)c1cnn2cc([C@@H](NC(=O)c3ccnn3C(C)C)C3CCC(F)(F)CC3)nc2c1. The van der Waals surface area contributed by atoms with E-state index in [0.29, 0.717) is 28.2 Å². The summed E-state index contributed by atoms with van der Waals surface area (Å²) in [5.41, 5.74) is 2.49. The van der Waals surface area contributed by atoms with Crippen molar-refractivity contribution in [1.82, 2.24) is 35.0 Å². The summed E-state index contributed by atoms with van der Waals surface area (Å²) in [6.07, 6.45) is 4.06. The van der Waals surface area contributed by atoms with E-state index in [4.69, 9.17) is 4.98 Å². The number of fused-ring (bicyclic) bond motifs is 1. The Balaban J connectivity index is 1.39. The van der Waals surface area contributed by atoms with Gasteiger partial charge in [0.05, 0.1) is 30.2 Å². The Morgan fingerprint density at radius 3 is 2.42 bits per heavy atom. The maximum atomic E-state index is 14.0. The lowest BCUT2D eigenvalue weighted by Gasteiger charge is -2.34. The van der Waals surface area contributed by atoms with E-state index in [2.05, 4.69) is 27.4 Å². The summed E-state index contributed by atoms with van der Waals surface area (Å²) >= 11 is 0. The number of rotatable bonds is 10. The fraction of sp³-hybridized carbons (Fsp3) is 0.567. The van der Waals surface area contributed by atoms with E-state index in [1.54, 1.807) is 42.3 Å². The second kappa shape index (κ2) is 11.7. The summed E-state index contributed by atoms with van der Waals surface area (Å²) in [5.74, 6) is -6.80. The van der Waals surface area contributed by atoms with E-state index in [1.165, 1.54) is 4.52 Å². The van der Waals surface area contributed by atoms with Crippen molar-refractivity contribution in [2.45, 2.75) is 95.7 Å². The molecule has 13 heteroatoms. The van der Waals surface area contributed by atoms with Gasteiger partial charge in [-0.3, -0.25) is 14.3 Å². The molecule has 9 nitrogen and oxygen atoms in total. The van der Waals surface area contributed by atoms with E-state index < -0.39 is 23.9 Å². The average Bonchev–Trinajstić information content (AvgIpc) is 3.56. The maximum Gasteiger partial charge on any atom is 0.270 e. The minimum Gasteiger partial charge on any atom is -0.345 e. The molecular formula is C30H37F4N7O2. The minimum absolute atomic E-state index is 0.0000916. The molecule has 5 rings (SSSR count). The Morgan fingerprint density at radius 1 is 1.09 bits per heavy atom. The lowest BCUT2D eigenvalue weighted by atomic mass is 9.79. The minimum atomic E-state index is -2.74. The molecule has 0 aliphatic heterocycles. The highest BCUT2D eigenvalue weighted by molar-refractivity contribution is 5.92.